The van der Waals surface area contributed by atoms with Gasteiger partial charge in [0.15, 0.2) is 11.5 Å². The van der Waals surface area contributed by atoms with Crippen LogP contribution in [0.2, 0.25) is 0 Å². The third-order valence-corrected chi connectivity index (χ3v) is 3.92. The number of nitro benzene ring substituents is 1. The van der Waals surface area contributed by atoms with Crippen LogP contribution in [0.5, 0.6) is 11.5 Å². The zero-order valence-electron chi connectivity index (χ0n) is 12.8. The Morgan fingerprint density at radius 3 is 2.64 bits per heavy atom. The molecule has 0 bridgehead atoms. The average molecular weight is 406 g/mol. The molecule has 9 heteroatoms. The van der Waals surface area contributed by atoms with Gasteiger partial charge in [0, 0.05) is 4.47 Å². The Kier molecular flexibility index (Phi) is 4.94. The number of amides is 1. The van der Waals surface area contributed by atoms with Crippen molar-refractivity contribution in [1.29, 1.82) is 0 Å². The van der Waals surface area contributed by atoms with Crippen molar-refractivity contribution in [3.8, 4) is 11.5 Å². The number of nitrogens with one attached hydrogen (secondary N) is 1. The predicted octanol–water partition coefficient (Wildman–Crippen LogP) is 2.78. The first-order chi connectivity index (χ1) is 12.0. The number of fused-ring (bicyclic) bond motifs is 1. The van der Waals surface area contributed by atoms with Gasteiger partial charge in [-0.05, 0) is 23.8 Å². The third kappa shape index (κ3) is 4.13. The minimum absolute atomic E-state index is 0.0109. The summed E-state index contributed by atoms with van der Waals surface area (Å²) in [6, 6.07) is 10.0. The van der Waals surface area contributed by atoms with Gasteiger partial charge < -0.3 is 9.47 Å². The number of hydrazone groups is 1. The maximum absolute atomic E-state index is 11.9. The molecule has 1 N–H and O–H groups in total. The van der Waals surface area contributed by atoms with Crippen LogP contribution in [0.15, 0.2) is 46.0 Å². The van der Waals surface area contributed by atoms with Crippen molar-refractivity contribution in [1.82, 2.24) is 5.43 Å². The molecule has 1 aliphatic heterocycles. The first-order valence-electron chi connectivity index (χ1n) is 7.17. The number of hydrogen-bond donors (Lipinski definition) is 1. The molecule has 1 heterocycles. The second-order valence-electron chi connectivity index (χ2n) is 5.12. The molecule has 0 aliphatic carbocycles. The summed E-state index contributed by atoms with van der Waals surface area (Å²) in [5.74, 6) is 0.373. The van der Waals surface area contributed by atoms with Crippen molar-refractivity contribution in [3.05, 3.63) is 62.1 Å². The molecule has 1 aliphatic rings. The van der Waals surface area contributed by atoms with E-state index >= 15 is 0 Å². The largest absolute Gasteiger partial charge is 0.454 e. The Hall–Kier alpha value is -2.94. The van der Waals surface area contributed by atoms with E-state index in [0.29, 0.717) is 11.5 Å². The van der Waals surface area contributed by atoms with E-state index in [1.165, 1.54) is 18.3 Å². The number of nitrogens with zero attached hydrogens (tertiary/aromatic N) is 2. The Labute approximate surface area is 150 Å². The number of halogens is 1. The fourth-order valence-corrected chi connectivity index (χ4v) is 2.47. The number of benzene rings is 2. The van der Waals surface area contributed by atoms with Crippen molar-refractivity contribution < 1.29 is 19.2 Å². The van der Waals surface area contributed by atoms with Crippen molar-refractivity contribution in [2.24, 2.45) is 5.10 Å². The summed E-state index contributed by atoms with van der Waals surface area (Å²) < 4.78 is 11.2. The Balaban J connectivity index is 1.68. The molecule has 0 radical (unpaired) electrons. The zero-order chi connectivity index (χ0) is 17.8. The van der Waals surface area contributed by atoms with Gasteiger partial charge in [-0.3, -0.25) is 14.9 Å². The highest BCUT2D eigenvalue weighted by Gasteiger charge is 2.22. The van der Waals surface area contributed by atoms with E-state index in [1.54, 1.807) is 0 Å². The zero-order valence-corrected chi connectivity index (χ0v) is 14.4. The summed E-state index contributed by atoms with van der Waals surface area (Å²) in [4.78, 5) is 22.5. The van der Waals surface area contributed by atoms with Gasteiger partial charge in [-0.25, -0.2) is 5.43 Å². The molecular formula is C16H12BrN3O5. The molecule has 2 aromatic rings. The van der Waals surface area contributed by atoms with Gasteiger partial charge >= 0.3 is 0 Å². The summed E-state index contributed by atoms with van der Waals surface area (Å²) in [7, 11) is 0. The third-order valence-electron chi connectivity index (χ3n) is 3.39. The minimum Gasteiger partial charge on any atom is -0.454 e. The van der Waals surface area contributed by atoms with E-state index in [2.05, 4.69) is 26.5 Å². The van der Waals surface area contributed by atoms with Crippen LogP contribution in [0.4, 0.5) is 5.69 Å². The molecule has 0 atom stereocenters. The molecule has 0 saturated heterocycles. The quantitative estimate of drug-likeness (QED) is 0.467. The maximum atomic E-state index is 11.9. The van der Waals surface area contributed by atoms with Crippen molar-refractivity contribution in [3.63, 3.8) is 0 Å². The molecule has 0 unspecified atom stereocenters. The lowest BCUT2D eigenvalue weighted by molar-refractivity contribution is -0.385. The van der Waals surface area contributed by atoms with Crippen LogP contribution in [0, 0.1) is 10.1 Å². The van der Waals surface area contributed by atoms with Gasteiger partial charge in [-0.15, -0.1) is 0 Å². The van der Waals surface area contributed by atoms with Gasteiger partial charge in [0.05, 0.1) is 29.2 Å². The van der Waals surface area contributed by atoms with E-state index in [4.69, 9.17) is 9.47 Å². The molecule has 3 rings (SSSR count). The maximum Gasteiger partial charge on any atom is 0.282 e. The van der Waals surface area contributed by atoms with Crippen LogP contribution in [0.1, 0.15) is 11.1 Å². The molecule has 2 aromatic carbocycles. The summed E-state index contributed by atoms with van der Waals surface area (Å²) in [6.07, 6.45) is 1.35. The first-order valence-corrected chi connectivity index (χ1v) is 7.96. The van der Waals surface area contributed by atoms with Crippen LogP contribution in [-0.4, -0.2) is 23.8 Å². The van der Waals surface area contributed by atoms with Crippen molar-refractivity contribution >= 4 is 33.7 Å². The first kappa shape index (κ1) is 16.9. The highest BCUT2D eigenvalue weighted by Crippen LogP contribution is 2.37. The van der Waals surface area contributed by atoms with Crippen LogP contribution in [-0.2, 0) is 11.2 Å². The lowest BCUT2D eigenvalue weighted by Gasteiger charge is -2.02. The Morgan fingerprint density at radius 1 is 1.28 bits per heavy atom. The second-order valence-corrected chi connectivity index (χ2v) is 6.03. The Morgan fingerprint density at radius 2 is 1.96 bits per heavy atom. The molecule has 8 nitrogen and oxygen atoms in total. The van der Waals surface area contributed by atoms with E-state index < -0.39 is 4.92 Å². The lowest BCUT2D eigenvalue weighted by Crippen LogP contribution is -2.19. The number of nitro groups is 1. The van der Waals surface area contributed by atoms with Crippen LogP contribution in [0.25, 0.3) is 0 Å². The highest BCUT2D eigenvalue weighted by molar-refractivity contribution is 9.10. The van der Waals surface area contributed by atoms with E-state index in [0.717, 1.165) is 10.0 Å². The van der Waals surface area contributed by atoms with Gasteiger partial charge in [0.25, 0.3) is 5.69 Å². The van der Waals surface area contributed by atoms with Gasteiger partial charge in [-0.2, -0.15) is 5.10 Å². The van der Waals surface area contributed by atoms with Crippen molar-refractivity contribution in [2.45, 2.75) is 6.42 Å². The van der Waals surface area contributed by atoms with Gasteiger partial charge in [0.2, 0.25) is 12.7 Å². The molecule has 0 spiro atoms. The monoisotopic (exact) mass is 405 g/mol. The molecule has 0 fully saturated rings. The average Bonchev–Trinajstić information content (AvgIpc) is 3.03. The van der Waals surface area contributed by atoms with Gasteiger partial charge in [-0.1, -0.05) is 28.1 Å². The van der Waals surface area contributed by atoms with Gasteiger partial charge in [0.1, 0.15) is 0 Å². The molecule has 1 amide bonds. The van der Waals surface area contributed by atoms with Crippen LogP contribution >= 0.6 is 15.9 Å². The van der Waals surface area contributed by atoms with E-state index in [1.807, 2.05) is 24.3 Å². The van der Waals surface area contributed by atoms with Crippen LogP contribution in [0.3, 0.4) is 0 Å². The number of rotatable bonds is 5. The fraction of sp³-hybridized carbons (Fsp3) is 0.125. The lowest BCUT2D eigenvalue weighted by atomic mass is 10.1. The second kappa shape index (κ2) is 7.31. The Bertz CT molecular complexity index is 852. The topological polar surface area (TPSA) is 103 Å². The molecule has 25 heavy (non-hydrogen) atoms. The molecular weight excluding hydrogens is 394 g/mol. The summed E-state index contributed by atoms with van der Waals surface area (Å²) >= 11 is 3.32. The van der Waals surface area contributed by atoms with Crippen molar-refractivity contribution in [2.75, 3.05) is 6.79 Å². The number of hydrogen-bond acceptors (Lipinski definition) is 6. The molecule has 0 saturated carbocycles. The molecule has 0 aromatic heterocycles. The predicted molar refractivity (Wildman–Crippen MR) is 92.8 cm³/mol. The summed E-state index contributed by atoms with van der Waals surface area (Å²) in [5, 5.41) is 14.9. The van der Waals surface area contributed by atoms with Crippen LogP contribution < -0.4 is 14.9 Å². The smallest absolute Gasteiger partial charge is 0.282 e. The highest BCUT2D eigenvalue weighted by atomic mass is 79.9. The van der Waals surface area contributed by atoms with E-state index in [9.17, 15) is 14.9 Å². The number of carbonyl (C=O) groups is 1. The standard InChI is InChI=1S/C16H12BrN3O5/c17-12-3-1-10(2-4-12)5-16(21)19-18-8-11-6-14-15(25-9-24-14)7-13(11)20(22)23/h1-4,6-8H,5,9H2,(H,19,21)/b18-8-. The normalized spacial score (nSPS) is 12.4. The number of ether oxygens (including phenoxy) is 2. The fourth-order valence-electron chi connectivity index (χ4n) is 2.21. The summed E-state index contributed by atoms with van der Waals surface area (Å²) in [6.45, 7) is 0.0109. The molecule has 128 valence electrons. The minimum atomic E-state index is -0.549. The number of carbonyl (C=O) groups excluding carboxylic acids is 1. The summed E-state index contributed by atoms with van der Waals surface area (Å²) in [5.41, 5.74) is 3.20. The SMILES string of the molecule is O=C(Cc1ccc(Br)cc1)N/N=C\c1cc2c(cc1[N+](=O)[O-])OCO2. The van der Waals surface area contributed by atoms with E-state index in [-0.39, 0.29) is 30.4 Å².